The molecule has 5 nitrogen and oxygen atoms in total. The maximum absolute atomic E-state index is 10.9. The fraction of sp³-hybridized carbons (Fsp3) is 0.588. The zero-order valence-corrected chi connectivity index (χ0v) is 12.8. The summed E-state index contributed by atoms with van der Waals surface area (Å²) in [5.74, 6) is -0.874. The summed E-state index contributed by atoms with van der Waals surface area (Å²) in [5, 5.41) is 12.3. The summed E-state index contributed by atoms with van der Waals surface area (Å²) in [7, 11) is 0. The van der Waals surface area contributed by atoms with Gasteiger partial charge in [0.15, 0.2) is 0 Å². The maximum Gasteiger partial charge on any atom is 0.335 e. The molecule has 0 amide bonds. The van der Waals surface area contributed by atoms with E-state index in [1.54, 1.807) is 12.1 Å². The number of piperidine rings is 2. The van der Waals surface area contributed by atoms with Crippen LogP contribution in [0.1, 0.15) is 36.0 Å². The number of ether oxygens (including phenoxy) is 1. The van der Waals surface area contributed by atoms with Gasteiger partial charge in [0.25, 0.3) is 0 Å². The standard InChI is InChI=1S/C17H24N2O3/c20-17(21)13-1-3-14(4-2-13)19-11-7-16(8-12-19)22-15-5-9-18-10-6-15/h1-4,15-16,18H,5-12H2,(H,20,21). The molecule has 0 unspecified atom stereocenters. The predicted octanol–water partition coefficient (Wildman–Crippen LogP) is 2.12. The highest BCUT2D eigenvalue weighted by molar-refractivity contribution is 5.88. The highest BCUT2D eigenvalue weighted by atomic mass is 16.5. The zero-order chi connectivity index (χ0) is 15.4. The molecule has 2 fully saturated rings. The third-order valence-corrected chi connectivity index (χ3v) is 4.59. The Hall–Kier alpha value is -1.59. The second-order valence-corrected chi connectivity index (χ2v) is 6.12. The normalized spacial score (nSPS) is 21.0. The number of nitrogens with one attached hydrogen (secondary N) is 1. The van der Waals surface area contributed by atoms with E-state index in [-0.39, 0.29) is 0 Å². The number of aromatic carboxylic acids is 1. The number of hydrogen-bond donors (Lipinski definition) is 2. The van der Waals surface area contributed by atoms with E-state index < -0.39 is 5.97 Å². The van der Waals surface area contributed by atoms with Crippen LogP contribution in [0.5, 0.6) is 0 Å². The molecule has 2 aliphatic heterocycles. The number of hydrogen-bond acceptors (Lipinski definition) is 4. The average molecular weight is 304 g/mol. The Morgan fingerprint density at radius 3 is 2.23 bits per heavy atom. The highest BCUT2D eigenvalue weighted by Gasteiger charge is 2.24. The molecule has 2 heterocycles. The molecule has 2 saturated heterocycles. The third-order valence-electron chi connectivity index (χ3n) is 4.59. The lowest BCUT2D eigenvalue weighted by molar-refractivity contribution is -0.0363. The Balaban J connectivity index is 1.49. The summed E-state index contributed by atoms with van der Waals surface area (Å²) in [5.41, 5.74) is 1.44. The minimum Gasteiger partial charge on any atom is -0.478 e. The molecule has 0 atom stereocenters. The van der Waals surface area contributed by atoms with Crippen LogP contribution in [0.3, 0.4) is 0 Å². The Morgan fingerprint density at radius 2 is 1.64 bits per heavy atom. The number of carbonyl (C=O) groups is 1. The molecule has 5 heteroatoms. The first-order valence-corrected chi connectivity index (χ1v) is 8.17. The number of carboxylic acid groups (broad SMARTS) is 1. The number of rotatable bonds is 4. The minimum absolute atomic E-state index is 0.341. The van der Waals surface area contributed by atoms with E-state index in [1.165, 1.54) is 0 Å². The van der Waals surface area contributed by atoms with Gasteiger partial charge in [-0.1, -0.05) is 0 Å². The van der Waals surface area contributed by atoms with Crippen molar-refractivity contribution in [2.24, 2.45) is 0 Å². The molecule has 1 aromatic carbocycles. The van der Waals surface area contributed by atoms with Crippen LogP contribution in [0.15, 0.2) is 24.3 Å². The van der Waals surface area contributed by atoms with Gasteiger partial charge in [0.2, 0.25) is 0 Å². The molecule has 0 bridgehead atoms. The molecular weight excluding hydrogens is 280 g/mol. The van der Waals surface area contributed by atoms with Gasteiger partial charge in [-0.05, 0) is 63.0 Å². The van der Waals surface area contributed by atoms with Crippen molar-refractivity contribution in [3.8, 4) is 0 Å². The second-order valence-electron chi connectivity index (χ2n) is 6.12. The first-order valence-electron chi connectivity index (χ1n) is 8.17. The van der Waals surface area contributed by atoms with Crippen LogP contribution in [0.2, 0.25) is 0 Å². The predicted molar refractivity (Wildman–Crippen MR) is 85.6 cm³/mol. The van der Waals surface area contributed by atoms with Gasteiger partial charge < -0.3 is 20.1 Å². The molecule has 0 radical (unpaired) electrons. The maximum atomic E-state index is 10.9. The molecule has 3 rings (SSSR count). The minimum atomic E-state index is -0.874. The molecule has 120 valence electrons. The van der Waals surface area contributed by atoms with Gasteiger partial charge in [-0.3, -0.25) is 0 Å². The van der Waals surface area contributed by atoms with Gasteiger partial charge in [-0.25, -0.2) is 4.79 Å². The van der Waals surface area contributed by atoms with E-state index >= 15 is 0 Å². The van der Waals surface area contributed by atoms with Crippen molar-refractivity contribution in [2.75, 3.05) is 31.1 Å². The third kappa shape index (κ3) is 3.78. The van der Waals surface area contributed by atoms with Crippen molar-refractivity contribution in [1.82, 2.24) is 5.32 Å². The average Bonchev–Trinajstić information content (AvgIpc) is 2.57. The topological polar surface area (TPSA) is 61.8 Å². The van der Waals surface area contributed by atoms with Gasteiger partial charge in [0, 0.05) is 18.8 Å². The number of carboxylic acids is 1. The molecule has 0 aliphatic carbocycles. The Kier molecular flexibility index (Phi) is 4.95. The molecule has 22 heavy (non-hydrogen) atoms. The van der Waals surface area contributed by atoms with E-state index in [2.05, 4.69) is 10.2 Å². The summed E-state index contributed by atoms with van der Waals surface area (Å²) < 4.78 is 6.22. The Bertz CT molecular complexity index is 489. The van der Waals surface area contributed by atoms with E-state index in [1.807, 2.05) is 12.1 Å². The van der Waals surface area contributed by atoms with Crippen LogP contribution >= 0.6 is 0 Å². The Labute approximate surface area is 131 Å². The lowest BCUT2D eigenvalue weighted by Gasteiger charge is -2.36. The first-order chi connectivity index (χ1) is 10.7. The summed E-state index contributed by atoms with van der Waals surface area (Å²) in [6.45, 7) is 4.09. The van der Waals surface area contributed by atoms with Crippen LogP contribution in [0.25, 0.3) is 0 Å². The van der Waals surface area contributed by atoms with Crippen molar-refractivity contribution in [3.05, 3.63) is 29.8 Å². The molecular formula is C17H24N2O3. The summed E-state index contributed by atoms with van der Waals surface area (Å²) in [6.07, 6.45) is 5.13. The van der Waals surface area contributed by atoms with E-state index in [0.29, 0.717) is 17.8 Å². The summed E-state index contributed by atoms with van der Waals surface area (Å²) in [6, 6.07) is 7.15. The van der Waals surface area contributed by atoms with Crippen molar-refractivity contribution < 1.29 is 14.6 Å². The van der Waals surface area contributed by atoms with Crippen molar-refractivity contribution in [1.29, 1.82) is 0 Å². The zero-order valence-electron chi connectivity index (χ0n) is 12.8. The van der Waals surface area contributed by atoms with E-state index in [0.717, 1.165) is 57.5 Å². The lowest BCUT2D eigenvalue weighted by Crippen LogP contribution is -2.40. The van der Waals surface area contributed by atoms with Gasteiger partial charge in [-0.15, -0.1) is 0 Å². The van der Waals surface area contributed by atoms with E-state index in [9.17, 15) is 4.79 Å². The van der Waals surface area contributed by atoms with Gasteiger partial charge in [-0.2, -0.15) is 0 Å². The lowest BCUT2D eigenvalue weighted by atomic mass is 10.0. The second kappa shape index (κ2) is 7.11. The van der Waals surface area contributed by atoms with Crippen LogP contribution < -0.4 is 10.2 Å². The summed E-state index contributed by atoms with van der Waals surface area (Å²) >= 11 is 0. The van der Waals surface area contributed by atoms with Gasteiger partial charge in [0.05, 0.1) is 17.8 Å². The largest absolute Gasteiger partial charge is 0.478 e. The molecule has 2 aliphatic rings. The van der Waals surface area contributed by atoms with E-state index in [4.69, 9.17) is 9.84 Å². The Morgan fingerprint density at radius 1 is 1.05 bits per heavy atom. The van der Waals surface area contributed by atoms with Crippen molar-refractivity contribution >= 4 is 11.7 Å². The van der Waals surface area contributed by atoms with Crippen molar-refractivity contribution in [3.63, 3.8) is 0 Å². The number of nitrogens with zero attached hydrogens (tertiary/aromatic N) is 1. The van der Waals surface area contributed by atoms with Gasteiger partial charge in [0.1, 0.15) is 0 Å². The van der Waals surface area contributed by atoms with Crippen LogP contribution in [0.4, 0.5) is 5.69 Å². The van der Waals surface area contributed by atoms with Gasteiger partial charge >= 0.3 is 5.97 Å². The first kappa shape index (κ1) is 15.3. The molecule has 1 aromatic rings. The molecule has 0 aromatic heterocycles. The molecule has 0 saturated carbocycles. The summed E-state index contributed by atoms with van der Waals surface area (Å²) in [4.78, 5) is 13.2. The monoisotopic (exact) mass is 304 g/mol. The van der Waals surface area contributed by atoms with Crippen LogP contribution in [0, 0.1) is 0 Å². The SMILES string of the molecule is O=C(O)c1ccc(N2CCC(OC3CCNCC3)CC2)cc1. The fourth-order valence-corrected chi connectivity index (χ4v) is 3.27. The highest BCUT2D eigenvalue weighted by Crippen LogP contribution is 2.23. The fourth-order valence-electron chi connectivity index (χ4n) is 3.27. The number of benzene rings is 1. The smallest absolute Gasteiger partial charge is 0.335 e. The molecule has 0 spiro atoms. The van der Waals surface area contributed by atoms with Crippen LogP contribution in [-0.2, 0) is 4.74 Å². The van der Waals surface area contributed by atoms with Crippen molar-refractivity contribution in [2.45, 2.75) is 37.9 Å². The quantitative estimate of drug-likeness (QED) is 0.892. The van der Waals surface area contributed by atoms with Crippen LogP contribution in [-0.4, -0.2) is 49.5 Å². The number of anilines is 1. The molecule has 2 N–H and O–H groups in total.